The minimum absolute atomic E-state index is 0.0503. The summed E-state index contributed by atoms with van der Waals surface area (Å²) < 4.78 is 0. The summed E-state index contributed by atoms with van der Waals surface area (Å²) in [4.78, 5) is 13.3. The van der Waals surface area contributed by atoms with Crippen molar-refractivity contribution in [2.45, 2.75) is 0 Å². The van der Waals surface area contributed by atoms with Crippen LogP contribution in [0.15, 0.2) is 72.8 Å². The van der Waals surface area contributed by atoms with E-state index in [0.29, 0.717) is 16.1 Å². The van der Waals surface area contributed by atoms with Gasteiger partial charge in [-0.3, -0.25) is 0 Å². The van der Waals surface area contributed by atoms with Crippen LogP contribution < -0.4 is 5.32 Å². The molecule has 0 amide bonds. The first kappa shape index (κ1) is 17.8. The molecule has 0 spiro atoms. The van der Waals surface area contributed by atoms with E-state index < -0.39 is 0 Å². The first-order valence-electron chi connectivity index (χ1n) is 8.45. The lowest BCUT2D eigenvalue weighted by Gasteiger charge is -2.11. The van der Waals surface area contributed by atoms with E-state index in [1.54, 1.807) is 72.8 Å². The predicted octanol–water partition coefficient (Wildman–Crippen LogP) is 5.01. The smallest absolute Gasteiger partial charge is 0.231 e. The fourth-order valence-corrected chi connectivity index (χ4v) is 2.79. The number of hydrogen-bond acceptors (Lipinski definition) is 6. The van der Waals surface area contributed by atoms with E-state index in [1.807, 2.05) is 0 Å². The molecule has 3 aromatic carbocycles. The summed E-state index contributed by atoms with van der Waals surface area (Å²) in [6.07, 6.45) is 0. The van der Waals surface area contributed by atoms with Crippen molar-refractivity contribution < 1.29 is 10.2 Å². The number of phenolic OH excluding ortho intramolecular Hbond substituents is 2. The van der Waals surface area contributed by atoms with Gasteiger partial charge in [0.2, 0.25) is 5.95 Å². The maximum absolute atomic E-state index is 10.2. The zero-order valence-electron chi connectivity index (χ0n) is 14.5. The van der Waals surface area contributed by atoms with E-state index in [0.717, 1.165) is 5.69 Å². The molecule has 0 atom stereocenters. The third kappa shape index (κ3) is 3.72. The Morgan fingerprint density at radius 1 is 0.643 bits per heavy atom. The van der Waals surface area contributed by atoms with Gasteiger partial charge < -0.3 is 15.5 Å². The van der Waals surface area contributed by atoms with Gasteiger partial charge in [0.25, 0.3) is 0 Å². The van der Waals surface area contributed by atoms with Gasteiger partial charge in [-0.05, 0) is 48.5 Å². The summed E-state index contributed by atoms with van der Waals surface area (Å²) in [6, 6.07) is 20.6. The lowest BCUT2D eigenvalue weighted by Crippen LogP contribution is -2.03. The molecule has 0 saturated carbocycles. The molecule has 0 bridgehead atoms. The SMILES string of the molecule is Oc1ccccc1-c1nc(Nc2ccc(Cl)cc2)nc(-c2ccccc2O)n1. The molecule has 0 aliphatic heterocycles. The molecule has 0 aliphatic carbocycles. The zero-order chi connectivity index (χ0) is 19.5. The van der Waals surface area contributed by atoms with Gasteiger partial charge in [-0.25, -0.2) is 4.98 Å². The highest BCUT2D eigenvalue weighted by Gasteiger charge is 2.15. The number of para-hydroxylation sites is 2. The van der Waals surface area contributed by atoms with Crippen LogP contribution >= 0.6 is 11.6 Å². The van der Waals surface area contributed by atoms with Crippen LogP contribution in [0.4, 0.5) is 11.6 Å². The number of phenols is 2. The van der Waals surface area contributed by atoms with Crippen LogP contribution in [0.1, 0.15) is 0 Å². The van der Waals surface area contributed by atoms with Gasteiger partial charge in [0, 0.05) is 10.7 Å². The molecule has 1 heterocycles. The van der Waals surface area contributed by atoms with Crippen LogP contribution in [0.25, 0.3) is 22.8 Å². The third-order valence-electron chi connectivity index (χ3n) is 4.03. The number of hydrogen-bond donors (Lipinski definition) is 3. The van der Waals surface area contributed by atoms with Crippen molar-refractivity contribution in [2.24, 2.45) is 0 Å². The number of nitrogens with zero attached hydrogens (tertiary/aromatic N) is 3. The molecule has 6 nitrogen and oxygen atoms in total. The normalized spacial score (nSPS) is 10.6. The molecule has 3 N–H and O–H groups in total. The number of aromatic hydroxyl groups is 2. The zero-order valence-corrected chi connectivity index (χ0v) is 15.3. The highest BCUT2D eigenvalue weighted by molar-refractivity contribution is 6.30. The fraction of sp³-hybridized carbons (Fsp3) is 0. The van der Waals surface area contributed by atoms with Gasteiger partial charge in [0.05, 0.1) is 11.1 Å². The predicted molar refractivity (Wildman–Crippen MR) is 109 cm³/mol. The van der Waals surface area contributed by atoms with Crippen molar-refractivity contribution in [2.75, 3.05) is 5.32 Å². The molecule has 0 saturated heterocycles. The molecular formula is C21H15ClN4O2. The van der Waals surface area contributed by atoms with E-state index in [4.69, 9.17) is 11.6 Å². The van der Waals surface area contributed by atoms with Crippen molar-refractivity contribution >= 4 is 23.2 Å². The number of nitrogens with one attached hydrogen (secondary N) is 1. The molecule has 0 radical (unpaired) electrons. The standard InChI is InChI=1S/C21H15ClN4O2/c22-13-9-11-14(12-10-13)23-21-25-19(15-5-1-3-7-17(15)27)24-20(26-21)16-6-2-4-8-18(16)28/h1-12,27-28H,(H,23,24,25,26). The summed E-state index contributed by atoms with van der Waals surface area (Å²) >= 11 is 5.94. The molecule has 4 aromatic rings. The van der Waals surface area contributed by atoms with Crippen LogP contribution in [-0.2, 0) is 0 Å². The van der Waals surface area contributed by atoms with E-state index >= 15 is 0 Å². The van der Waals surface area contributed by atoms with E-state index in [2.05, 4.69) is 20.3 Å². The number of halogens is 1. The number of aromatic nitrogens is 3. The topological polar surface area (TPSA) is 91.2 Å². The maximum atomic E-state index is 10.2. The van der Waals surface area contributed by atoms with Gasteiger partial charge >= 0.3 is 0 Å². The average Bonchev–Trinajstić information content (AvgIpc) is 2.70. The minimum atomic E-state index is 0.0503. The first-order valence-corrected chi connectivity index (χ1v) is 8.83. The van der Waals surface area contributed by atoms with Crippen molar-refractivity contribution in [3.63, 3.8) is 0 Å². The second-order valence-electron chi connectivity index (χ2n) is 5.97. The molecule has 0 unspecified atom stereocenters. The molecule has 4 rings (SSSR count). The molecule has 1 aromatic heterocycles. The Balaban J connectivity index is 1.84. The van der Waals surface area contributed by atoms with Crippen molar-refractivity contribution in [1.82, 2.24) is 15.0 Å². The van der Waals surface area contributed by atoms with Gasteiger partial charge in [-0.15, -0.1) is 0 Å². The Kier molecular flexibility index (Phi) is 4.78. The molecular weight excluding hydrogens is 376 g/mol. The third-order valence-corrected chi connectivity index (χ3v) is 4.28. The first-order chi connectivity index (χ1) is 13.6. The van der Waals surface area contributed by atoms with Crippen LogP contribution in [0, 0.1) is 0 Å². The number of anilines is 2. The summed E-state index contributed by atoms with van der Waals surface area (Å²) in [7, 11) is 0. The van der Waals surface area contributed by atoms with Crippen molar-refractivity contribution in [3.8, 4) is 34.3 Å². The Labute approximate surface area is 166 Å². The number of benzene rings is 3. The molecule has 0 fully saturated rings. The van der Waals surface area contributed by atoms with Crippen LogP contribution in [-0.4, -0.2) is 25.2 Å². The maximum Gasteiger partial charge on any atom is 0.231 e. The highest BCUT2D eigenvalue weighted by Crippen LogP contribution is 2.31. The second-order valence-corrected chi connectivity index (χ2v) is 6.41. The molecule has 28 heavy (non-hydrogen) atoms. The highest BCUT2D eigenvalue weighted by atomic mass is 35.5. The van der Waals surface area contributed by atoms with Crippen LogP contribution in [0.2, 0.25) is 5.02 Å². The van der Waals surface area contributed by atoms with Crippen molar-refractivity contribution in [3.05, 3.63) is 77.8 Å². The number of rotatable bonds is 4. The second kappa shape index (κ2) is 7.54. The van der Waals surface area contributed by atoms with Gasteiger partial charge in [0.15, 0.2) is 11.6 Å². The van der Waals surface area contributed by atoms with E-state index in [-0.39, 0.29) is 29.1 Å². The Bertz CT molecular complexity index is 1070. The van der Waals surface area contributed by atoms with Crippen LogP contribution in [0.5, 0.6) is 11.5 Å². The van der Waals surface area contributed by atoms with Gasteiger partial charge in [-0.2, -0.15) is 9.97 Å². The van der Waals surface area contributed by atoms with E-state index in [9.17, 15) is 10.2 Å². The summed E-state index contributed by atoms with van der Waals surface area (Å²) in [5, 5.41) is 24.1. The van der Waals surface area contributed by atoms with Crippen molar-refractivity contribution in [1.29, 1.82) is 0 Å². The largest absolute Gasteiger partial charge is 0.507 e. The lowest BCUT2D eigenvalue weighted by molar-refractivity contribution is 0.477. The summed E-state index contributed by atoms with van der Waals surface area (Å²) in [5.74, 6) is 0.934. The monoisotopic (exact) mass is 390 g/mol. The Hall–Kier alpha value is -3.64. The molecule has 7 heteroatoms. The Morgan fingerprint density at radius 2 is 1.14 bits per heavy atom. The summed E-state index contributed by atoms with van der Waals surface area (Å²) in [5.41, 5.74) is 1.66. The Morgan fingerprint density at radius 3 is 1.64 bits per heavy atom. The summed E-state index contributed by atoms with van der Waals surface area (Å²) in [6.45, 7) is 0. The van der Waals surface area contributed by atoms with Gasteiger partial charge in [0.1, 0.15) is 11.5 Å². The average molecular weight is 391 g/mol. The minimum Gasteiger partial charge on any atom is -0.507 e. The quantitative estimate of drug-likeness (QED) is 0.453. The van der Waals surface area contributed by atoms with Gasteiger partial charge in [-0.1, -0.05) is 35.9 Å². The molecule has 0 aliphatic rings. The van der Waals surface area contributed by atoms with Crippen LogP contribution in [0.3, 0.4) is 0 Å². The lowest BCUT2D eigenvalue weighted by atomic mass is 10.1. The van der Waals surface area contributed by atoms with E-state index in [1.165, 1.54) is 0 Å². The molecule has 138 valence electrons. The fourth-order valence-electron chi connectivity index (χ4n) is 2.66.